The van der Waals surface area contributed by atoms with Gasteiger partial charge in [-0.15, -0.1) is 0 Å². The average molecular weight is 309 g/mol. The lowest BCUT2D eigenvalue weighted by molar-refractivity contribution is -0.128. The van der Waals surface area contributed by atoms with E-state index < -0.39 is 5.54 Å². The highest BCUT2D eigenvalue weighted by atomic mass is 16.2. The molecule has 1 aliphatic heterocycles. The summed E-state index contributed by atoms with van der Waals surface area (Å²) >= 11 is 0. The normalized spacial score (nSPS) is 20.9. The summed E-state index contributed by atoms with van der Waals surface area (Å²) in [6.07, 6.45) is 7.45. The zero-order valence-electron chi connectivity index (χ0n) is 13.5. The molecule has 1 saturated heterocycles. The van der Waals surface area contributed by atoms with E-state index in [1.807, 2.05) is 12.3 Å². The van der Waals surface area contributed by atoms with Crippen molar-refractivity contribution in [2.45, 2.75) is 31.2 Å². The number of aromatic nitrogens is 1. The first-order chi connectivity index (χ1) is 11.2. The van der Waals surface area contributed by atoms with Crippen molar-refractivity contribution in [1.82, 2.24) is 15.6 Å². The molecular weight excluding hydrogens is 286 g/mol. The fourth-order valence-corrected chi connectivity index (χ4v) is 3.37. The average Bonchev–Trinajstić information content (AvgIpc) is 2.63. The smallest absolute Gasteiger partial charge is 0.240 e. The second-order valence-electron chi connectivity index (χ2n) is 6.16. The van der Waals surface area contributed by atoms with Gasteiger partial charge in [0.05, 0.1) is 0 Å². The summed E-state index contributed by atoms with van der Waals surface area (Å²) in [5, 5.41) is 6.30. The maximum absolute atomic E-state index is 12.5. The van der Waals surface area contributed by atoms with E-state index in [0.29, 0.717) is 6.42 Å². The summed E-state index contributed by atoms with van der Waals surface area (Å²) in [5.41, 5.74) is 2.92. The van der Waals surface area contributed by atoms with Crippen LogP contribution in [0.3, 0.4) is 0 Å². The molecule has 0 radical (unpaired) electrons. The highest BCUT2D eigenvalue weighted by Crippen LogP contribution is 2.27. The molecule has 1 aliphatic rings. The summed E-state index contributed by atoms with van der Waals surface area (Å²) in [6, 6.07) is 12.4. The molecule has 2 aromatic rings. The van der Waals surface area contributed by atoms with E-state index in [1.165, 1.54) is 5.56 Å². The molecule has 120 valence electrons. The Bertz CT molecular complexity index is 663. The second-order valence-corrected chi connectivity index (χ2v) is 6.16. The summed E-state index contributed by atoms with van der Waals surface area (Å²) in [4.78, 5) is 16.6. The third-order valence-electron chi connectivity index (χ3n) is 4.58. The Morgan fingerprint density at radius 3 is 2.83 bits per heavy atom. The number of likely N-dealkylation sites (N-methyl/N-ethyl adjacent to an activating group) is 1. The third kappa shape index (κ3) is 3.42. The molecule has 1 unspecified atom stereocenters. The molecule has 1 amide bonds. The van der Waals surface area contributed by atoms with Crippen LogP contribution in [0.5, 0.6) is 0 Å². The largest absolute Gasteiger partial charge is 0.358 e. The van der Waals surface area contributed by atoms with Crippen LogP contribution in [-0.4, -0.2) is 30.0 Å². The number of carbonyl (C=O) groups is 1. The molecule has 2 heterocycles. The Labute approximate surface area is 137 Å². The van der Waals surface area contributed by atoms with Gasteiger partial charge in [0.15, 0.2) is 0 Å². The predicted molar refractivity (Wildman–Crippen MR) is 92.0 cm³/mol. The first kappa shape index (κ1) is 15.7. The fraction of sp³-hybridized carbons (Fsp3) is 0.368. The number of benzene rings is 1. The number of nitrogens with one attached hydrogen (secondary N) is 2. The number of hydrogen-bond donors (Lipinski definition) is 2. The number of amides is 1. The fourth-order valence-electron chi connectivity index (χ4n) is 3.37. The maximum atomic E-state index is 12.5. The lowest BCUT2D eigenvalue weighted by Crippen LogP contribution is -2.59. The molecule has 0 aliphatic carbocycles. The van der Waals surface area contributed by atoms with E-state index in [4.69, 9.17) is 0 Å². The van der Waals surface area contributed by atoms with Crippen molar-refractivity contribution in [2.75, 3.05) is 13.6 Å². The number of hydrogen-bond acceptors (Lipinski definition) is 3. The van der Waals surface area contributed by atoms with Gasteiger partial charge in [0.2, 0.25) is 5.91 Å². The van der Waals surface area contributed by atoms with Crippen molar-refractivity contribution in [3.05, 3.63) is 54.4 Å². The van der Waals surface area contributed by atoms with Crippen LogP contribution in [0.4, 0.5) is 0 Å². The van der Waals surface area contributed by atoms with Gasteiger partial charge in [0.25, 0.3) is 0 Å². The number of pyridine rings is 1. The third-order valence-corrected chi connectivity index (χ3v) is 4.58. The molecule has 1 aromatic heterocycles. The van der Waals surface area contributed by atoms with Crippen LogP contribution in [0.2, 0.25) is 0 Å². The second kappa shape index (κ2) is 6.92. The Morgan fingerprint density at radius 1 is 1.26 bits per heavy atom. The first-order valence-corrected chi connectivity index (χ1v) is 8.20. The predicted octanol–water partition coefficient (Wildman–Crippen LogP) is 2.55. The molecule has 4 nitrogen and oxygen atoms in total. The summed E-state index contributed by atoms with van der Waals surface area (Å²) in [5.74, 6) is 0.0870. The van der Waals surface area contributed by atoms with Gasteiger partial charge in [-0.05, 0) is 55.0 Å². The molecule has 1 atom stereocenters. The molecule has 3 rings (SSSR count). The van der Waals surface area contributed by atoms with Crippen LogP contribution in [0.1, 0.15) is 24.8 Å². The quantitative estimate of drug-likeness (QED) is 0.912. The van der Waals surface area contributed by atoms with Gasteiger partial charge in [-0.2, -0.15) is 0 Å². The molecular formula is C19H23N3O. The summed E-state index contributed by atoms with van der Waals surface area (Å²) in [7, 11) is 1.71. The monoisotopic (exact) mass is 309 g/mol. The minimum atomic E-state index is -0.486. The molecule has 1 fully saturated rings. The van der Waals surface area contributed by atoms with Crippen LogP contribution in [0.15, 0.2) is 48.8 Å². The molecule has 4 heteroatoms. The van der Waals surface area contributed by atoms with Crippen LogP contribution in [0, 0.1) is 0 Å². The van der Waals surface area contributed by atoms with Crippen molar-refractivity contribution in [2.24, 2.45) is 0 Å². The number of nitrogens with zero attached hydrogens (tertiary/aromatic N) is 1. The minimum Gasteiger partial charge on any atom is -0.358 e. The van der Waals surface area contributed by atoms with Crippen LogP contribution >= 0.6 is 0 Å². The highest BCUT2D eigenvalue weighted by molar-refractivity contribution is 5.86. The van der Waals surface area contributed by atoms with E-state index in [-0.39, 0.29) is 5.91 Å². The Kier molecular flexibility index (Phi) is 4.72. The Morgan fingerprint density at radius 2 is 2.13 bits per heavy atom. The van der Waals surface area contributed by atoms with Crippen LogP contribution in [-0.2, 0) is 11.2 Å². The molecule has 0 bridgehead atoms. The summed E-state index contributed by atoms with van der Waals surface area (Å²) < 4.78 is 0. The first-order valence-electron chi connectivity index (χ1n) is 8.20. The highest BCUT2D eigenvalue weighted by Gasteiger charge is 2.38. The molecule has 2 N–H and O–H groups in total. The van der Waals surface area contributed by atoms with Crippen molar-refractivity contribution in [3.8, 4) is 11.1 Å². The molecule has 1 aromatic carbocycles. The van der Waals surface area contributed by atoms with E-state index in [2.05, 4.69) is 45.9 Å². The number of carbonyl (C=O) groups excluding carboxylic acids is 1. The van der Waals surface area contributed by atoms with Gasteiger partial charge >= 0.3 is 0 Å². The zero-order chi connectivity index (χ0) is 16.1. The molecule has 0 spiro atoms. The lowest BCUT2D eigenvalue weighted by Gasteiger charge is -2.37. The van der Waals surface area contributed by atoms with E-state index in [1.54, 1.807) is 13.2 Å². The van der Waals surface area contributed by atoms with Crippen molar-refractivity contribution >= 4 is 5.91 Å². The Balaban J connectivity index is 1.88. The number of rotatable bonds is 4. The van der Waals surface area contributed by atoms with Gasteiger partial charge in [-0.3, -0.25) is 9.78 Å². The van der Waals surface area contributed by atoms with E-state index in [9.17, 15) is 4.79 Å². The van der Waals surface area contributed by atoms with Crippen molar-refractivity contribution in [1.29, 1.82) is 0 Å². The minimum absolute atomic E-state index is 0.0870. The number of piperidine rings is 1. The molecule has 23 heavy (non-hydrogen) atoms. The van der Waals surface area contributed by atoms with Gasteiger partial charge in [-0.1, -0.05) is 30.3 Å². The van der Waals surface area contributed by atoms with Crippen molar-refractivity contribution < 1.29 is 4.79 Å². The molecule has 0 saturated carbocycles. The lowest BCUT2D eigenvalue weighted by atomic mass is 9.82. The standard InChI is InChI=1S/C19H23N3O/c1-20-18(23)19(9-2-3-11-22-19)13-15-6-4-7-16(12-15)17-8-5-10-21-14-17/h4-8,10,12,14,22H,2-3,9,11,13H2,1H3,(H,20,23). The van der Waals surface area contributed by atoms with Gasteiger partial charge in [-0.25, -0.2) is 0 Å². The van der Waals surface area contributed by atoms with E-state index in [0.717, 1.165) is 36.9 Å². The summed E-state index contributed by atoms with van der Waals surface area (Å²) in [6.45, 7) is 0.899. The van der Waals surface area contributed by atoms with E-state index >= 15 is 0 Å². The van der Waals surface area contributed by atoms with Gasteiger partial charge in [0, 0.05) is 19.4 Å². The zero-order valence-corrected chi connectivity index (χ0v) is 13.5. The SMILES string of the molecule is CNC(=O)C1(Cc2cccc(-c3cccnc3)c2)CCCCN1. The van der Waals surface area contributed by atoms with Gasteiger partial charge in [0.1, 0.15) is 5.54 Å². The van der Waals surface area contributed by atoms with Crippen molar-refractivity contribution in [3.63, 3.8) is 0 Å². The Hall–Kier alpha value is -2.20. The van der Waals surface area contributed by atoms with Crippen LogP contribution < -0.4 is 10.6 Å². The van der Waals surface area contributed by atoms with Crippen LogP contribution in [0.25, 0.3) is 11.1 Å². The van der Waals surface area contributed by atoms with Gasteiger partial charge < -0.3 is 10.6 Å². The topological polar surface area (TPSA) is 54.0 Å². The maximum Gasteiger partial charge on any atom is 0.240 e.